The zero-order valence-corrected chi connectivity index (χ0v) is 10.9. The Bertz CT molecular complexity index is 646. The Kier molecular flexibility index (Phi) is 3.62. The van der Waals surface area contributed by atoms with Crippen molar-refractivity contribution < 1.29 is 4.42 Å². The first-order valence-corrected chi connectivity index (χ1v) is 6.45. The normalized spacial score (nSPS) is 12.4. The van der Waals surface area contributed by atoms with Crippen LogP contribution in [-0.4, -0.2) is 9.78 Å². The summed E-state index contributed by atoms with van der Waals surface area (Å²) in [4.78, 5) is 0. The van der Waals surface area contributed by atoms with Crippen LogP contribution in [0.25, 0.3) is 5.69 Å². The van der Waals surface area contributed by atoms with Crippen molar-refractivity contribution in [3.63, 3.8) is 0 Å². The fraction of sp³-hybridized carbons (Fsp3) is 0.133. The first-order valence-electron chi connectivity index (χ1n) is 6.45. The van der Waals surface area contributed by atoms with Gasteiger partial charge < -0.3 is 4.42 Å². The molecule has 5 heteroatoms. The van der Waals surface area contributed by atoms with Crippen LogP contribution in [0.5, 0.6) is 0 Å². The number of nitrogens with zero attached hydrogens (tertiary/aromatic N) is 2. The first kappa shape index (κ1) is 12.7. The van der Waals surface area contributed by atoms with Crippen LogP contribution in [-0.2, 0) is 6.42 Å². The van der Waals surface area contributed by atoms with Gasteiger partial charge in [-0.2, -0.15) is 5.10 Å². The molecule has 0 bridgehead atoms. The van der Waals surface area contributed by atoms with E-state index in [-0.39, 0.29) is 6.04 Å². The minimum Gasteiger partial charge on any atom is -0.472 e. The molecule has 0 aliphatic rings. The number of rotatable bonds is 5. The Hall–Kier alpha value is -2.37. The Labute approximate surface area is 117 Å². The average Bonchev–Trinajstić information content (AvgIpc) is 3.17. The van der Waals surface area contributed by atoms with Gasteiger partial charge in [-0.15, -0.1) is 0 Å². The topological polar surface area (TPSA) is 69.0 Å². The van der Waals surface area contributed by atoms with Gasteiger partial charge in [-0.25, -0.2) is 4.68 Å². The molecule has 0 aliphatic carbocycles. The molecule has 5 nitrogen and oxygen atoms in total. The molecule has 0 saturated heterocycles. The van der Waals surface area contributed by atoms with E-state index >= 15 is 0 Å². The summed E-state index contributed by atoms with van der Waals surface area (Å²) >= 11 is 0. The molecule has 0 radical (unpaired) electrons. The van der Waals surface area contributed by atoms with Crippen molar-refractivity contribution in [3.05, 3.63) is 72.4 Å². The van der Waals surface area contributed by atoms with Crippen LogP contribution in [0.3, 0.4) is 0 Å². The maximum absolute atomic E-state index is 5.64. The monoisotopic (exact) mass is 268 g/mol. The SMILES string of the molecule is NNC(Cc1ccoc1)c1ccn(-c2ccccc2)n1. The van der Waals surface area contributed by atoms with E-state index < -0.39 is 0 Å². The van der Waals surface area contributed by atoms with E-state index in [0.717, 1.165) is 23.4 Å². The van der Waals surface area contributed by atoms with Gasteiger partial charge in [0.1, 0.15) is 0 Å². The average molecular weight is 268 g/mol. The van der Waals surface area contributed by atoms with Gasteiger partial charge in [0.05, 0.1) is 29.9 Å². The fourth-order valence-electron chi connectivity index (χ4n) is 2.14. The van der Waals surface area contributed by atoms with E-state index in [1.54, 1.807) is 12.5 Å². The highest BCUT2D eigenvalue weighted by Gasteiger charge is 2.14. The van der Waals surface area contributed by atoms with Crippen LogP contribution in [0.1, 0.15) is 17.3 Å². The summed E-state index contributed by atoms with van der Waals surface area (Å²) in [6, 6.07) is 13.8. The van der Waals surface area contributed by atoms with Crippen molar-refractivity contribution >= 4 is 0 Å². The minimum absolute atomic E-state index is 0.0439. The van der Waals surface area contributed by atoms with Crippen molar-refractivity contribution in [1.82, 2.24) is 15.2 Å². The highest BCUT2D eigenvalue weighted by atomic mass is 16.3. The number of hydrogen-bond donors (Lipinski definition) is 2. The third-order valence-electron chi connectivity index (χ3n) is 3.21. The third kappa shape index (κ3) is 2.64. The maximum atomic E-state index is 5.64. The second-order valence-corrected chi connectivity index (χ2v) is 4.58. The minimum atomic E-state index is -0.0439. The van der Waals surface area contributed by atoms with Gasteiger partial charge in [0.15, 0.2) is 0 Å². The number of hydrogen-bond acceptors (Lipinski definition) is 4. The van der Waals surface area contributed by atoms with Crippen molar-refractivity contribution in [3.8, 4) is 5.69 Å². The molecular formula is C15H16N4O. The van der Waals surface area contributed by atoms with E-state index in [9.17, 15) is 0 Å². The van der Waals surface area contributed by atoms with Gasteiger partial charge in [0, 0.05) is 6.20 Å². The van der Waals surface area contributed by atoms with Crippen LogP contribution >= 0.6 is 0 Å². The summed E-state index contributed by atoms with van der Waals surface area (Å²) in [5, 5.41) is 4.58. The van der Waals surface area contributed by atoms with Gasteiger partial charge in [-0.3, -0.25) is 11.3 Å². The van der Waals surface area contributed by atoms with Gasteiger partial charge in [-0.05, 0) is 36.2 Å². The standard InChI is InChI=1S/C15H16N4O/c16-17-15(10-12-7-9-20-11-12)14-6-8-19(18-14)13-4-2-1-3-5-13/h1-9,11,15,17H,10,16H2. The summed E-state index contributed by atoms with van der Waals surface area (Å²) in [5.41, 5.74) is 5.82. The van der Waals surface area contributed by atoms with Crippen LogP contribution in [0, 0.1) is 0 Å². The predicted molar refractivity (Wildman–Crippen MR) is 76.0 cm³/mol. The summed E-state index contributed by atoms with van der Waals surface area (Å²) in [5.74, 6) is 5.64. The lowest BCUT2D eigenvalue weighted by molar-refractivity contribution is 0.523. The molecule has 1 atom stereocenters. The lowest BCUT2D eigenvalue weighted by Crippen LogP contribution is -2.29. The second-order valence-electron chi connectivity index (χ2n) is 4.58. The summed E-state index contributed by atoms with van der Waals surface area (Å²) in [7, 11) is 0. The molecule has 20 heavy (non-hydrogen) atoms. The van der Waals surface area contributed by atoms with Crippen LogP contribution in [0.15, 0.2) is 65.6 Å². The number of hydrazine groups is 1. The van der Waals surface area contributed by atoms with Gasteiger partial charge in [-0.1, -0.05) is 18.2 Å². The van der Waals surface area contributed by atoms with E-state index in [1.165, 1.54) is 0 Å². The number of nitrogens with one attached hydrogen (secondary N) is 1. The molecule has 3 aromatic rings. The van der Waals surface area contributed by atoms with Crippen molar-refractivity contribution in [2.24, 2.45) is 5.84 Å². The Morgan fingerprint density at radius 3 is 2.75 bits per heavy atom. The smallest absolute Gasteiger partial charge is 0.0935 e. The molecule has 0 amide bonds. The molecule has 1 unspecified atom stereocenters. The number of aromatic nitrogens is 2. The molecular weight excluding hydrogens is 252 g/mol. The summed E-state index contributed by atoms with van der Waals surface area (Å²) in [6.45, 7) is 0. The van der Waals surface area contributed by atoms with E-state index in [4.69, 9.17) is 10.3 Å². The molecule has 102 valence electrons. The highest BCUT2D eigenvalue weighted by molar-refractivity contribution is 5.30. The number of benzene rings is 1. The maximum Gasteiger partial charge on any atom is 0.0935 e. The molecule has 3 rings (SSSR count). The molecule has 1 aromatic carbocycles. The van der Waals surface area contributed by atoms with Gasteiger partial charge >= 0.3 is 0 Å². The van der Waals surface area contributed by atoms with Gasteiger partial charge in [0.2, 0.25) is 0 Å². The second kappa shape index (κ2) is 5.73. The van der Waals surface area contributed by atoms with Crippen LogP contribution < -0.4 is 11.3 Å². The quantitative estimate of drug-likeness (QED) is 0.550. The summed E-state index contributed by atoms with van der Waals surface area (Å²) < 4.78 is 6.92. The zero-order chi connectivity index (χ0) is 13.8. The lowest BCUT2D eigenvalue weighted by Gasteiger charge is -2.12. The van der Waals surface area contributed by atoms with E-state index in [0.29, 0.717) is 0 Å². The third-order valence-corrected chi connectivity index (χ3v) is 3.21. The molecule has 0 spiro atoms. The van der Waals surface area contributed by atoms with E-state index in [1.807, 2.05) is 53.3 Å². The van der Waals surface area contributed by atoms with Crippen molar-refractivity contribution in [2.75, 3.05) is 0 Å². The highest BCUT2D eigenvalue weighted by Crippen LogP contribution is 2.17. The van der Waals surface area contributed by atoms with Gasteiger partial charge in [0.25, 0.3) is 0 Å². The molecule has 0 aliphatic heterocycles. The zero-order valence-electron chi connectivity index (χ0n) is 10.9. The molecule has 2 heterocycles. The van der Waals surface area contributed by atoms with Crippen LogP contribution in [0.2, 0.25) is 0 Å². The number of furan rings is 1. The largest absolute Gasteiger partial charge is 0.472 e. The van der Waals surface area contributed by atoms with E-state index in [2.05, 4.69) is 10.5 Å². The Balaban J connectivity index is 1.81. The Morgan fingerprint density at radius 1 is 1.20 bits per heavy atom. The fourth-order valence-corrected chi connectivity index (χ4v) is 2.14. The predicted octanol–water partition coefficient (Wildman–Crippen LogP) is 2.21. The van der Waals surface area contributed by atoms with Crippen molar-refractivity contribution in [2.45, 2.75) is 12.5 Å². The molecule has 3 N–H and O–H groups in total. The first-order chi connectivity index (χ1) is 9.86. The lowest BCUT2D eigenvalue weighted by atomic mass is 10.1. The van der Waals surface area contributed by atoms with Crippen LogP contribution in [0.4, 0.5) is 0 Å². The molecule has 0 saturated carbocycles. The molecule has 2 aromatic heterocycles. The number of nitrogens with two attached hydrogens (primary N) is 1. The van der Waals surface area contributed by atoms with Crippen molar-refractivity contribution in [1.29, 1.82) is 0 Å². The summed E-state index contributed by atoms with van der Waals surface area (Å²) in [6.07, 6.45) is 6.05. The Morgan fingerprint density at radius 2 is 2.05 bits per heavy atom. The molecule has 0 fully saturated rings. The number of para-hydroxylation sites is 1.